The zero-order valence-corrected chi connectivity index (χ0v) is 11.8. The number of rotatable bonds is 2. The van der Waals surface area contributed by atoms with Crippen molar-refractivity contribution in [2.45, 2.75) is 32.2 Å². The number of methoxy groups -OCH3 is 1. The number of H-pyrrole nitrogens is 1. The minimum Gasteiger partial charge on any atom is -0.497 e. The number of nitrogens with zero attached hydrogens (tertiary/aromatic N) is 1. The highest BCUT2D eigenvalue weighted by Gasteiger charge is 2.22. The molecule has 0 unspecified atom stereocenters. The van der Waals surface area contributed by atoms with E-state index < -0.39 is 0 Å². The van der Waals surface area contributed by atoms with E-state index in [2.05, 4.69) is 4.98 Å². The third kappa shape index (κ3) is 1.89. The molecule has 0 radical (unpaired) electrons. The molecule has 2 aromatic rings. The first-order chi connectivity index (χ1) is 9.11. The van der Waals surface area contributed by atoms with Crippen molar-refractivity contribution in [3.05, 3.63) is 32.8 Å². The summed E-state index contributed by atoms with van der Waals surface area (Å²) in [6.45, 7) is 1.95. The van der Waals surface area contributed by atoms with E-state index in [-0.39, 0.29) is 11.6 Å². The van der Waals surface area contributed by atoms with Crippen molar-refractivity contribution < 1.29 is 4.74 Å². The average Bonchev–Trinajstić information content (AvgIpc) is 2.33. The molecule has 1 N–H and O–H groups in total. The monoisotopic (exact) mass is 276 g/mol. The molecule has 0 aliphatic heterocycles. The van der Waals surface area contributed by atoms with Crippen LogP contribution in [0.5, 0.6) is 5.75 Å². The summed E-state index contributed by atoms with van der Waals surface area (Å²) in [7, 11) is 1.61. The van der Waals surface area contributed by atoms with Crippen LogP contribution in [0.4, 0.5) is 0 Å². The summed E-state index contributed by atoms with van der Waals surface area (Å²) >= 11 is 5.34. The number of aromatic nitrogens is 2. The number of nitrogens with one attached hydrogen (secondary N) is 1. The number of ether oxygens (including phenoxy) is 1. The topological polar surface area (TPSA) is 47.0 Å². The van der Waals surface area contributed by atoms with Crippen LogP contribution in [0.25, 0.3) is 10.9 Å². The second kappa shape index (κ2) is 4.49. The fourth-order valence-corrected chi connectivity index (χ4v) is 2.91. The molecule has 1 saturated carbocycles. The molecule has 1 aliphatic rings. The molecule has 0 bridgehead atoms. The van der Waals surface area contributed by atoms with Gasteiger partial charge in [0, 0.05) is 6.04 Å². The van der Waals surface area contributed by atoms with Crippen LogP contribution in [0.15, 0.2) is 16.9 Å². The highest BCUT2D eigenvalue weighted by molar-refractivity contribution is 7.71. The van der Waals surface area contributed by atoms with Crippen LogP contribution in [0, 0.1) is 11.7 Å². The normalized spacial score (nSPS) is 15.5. The third-order valence-electron chi connectivity index (χ3n) is 3.88. The third-order valence-corrected chi connectivity index (χ3v) is 4.18. The Balaban J connectivity index is 2.36. The van der Waals surface area contributed by atoms with Gasteiger partial charge in [0.15, 0.2) is 4.77 Å². The minimum atomic E-state index is -0.00884. The van der Waals surface area contributed by atoms with Gasteiger partial charge in [0.05, 0.1) is 18.0 Å². The molecule has 0 atom stereocenters. The first-order valence-corrected chi connectivity index (χ1v) is 6.86. The number of aromatic amines is 1. The van der Waals surface area contributed by atoms with E-state index in [1.807, 2.05) is 13.0 Å². The van der Waals surface area contributed by atoms with Crippen molar-refractivity contribution in [3.8, 4) is 5.75 Å². The first kappa shape index (κ1) is 12.4. The maximum absolute atomic E-state index is 12.6. The molecule has 1 aromatic heterocycles. The molecule has 1 fully saturated rings. The summed E-state index contributed by atoms with van der Waals surface area (Å²) in [6, 6.07) is 3.94. The van der Waals surface area contributed by atoms with Crippen molar-refractivity contribution in [1.29, 1.82) is 0 Å². The van der Waals surface area contributed by atoms with Crippen molar-refractivity contribution in [2.24, 2.45) is 0 Å². The standard InChI is InChI=1S/C14H16N2O2S/c1-8-6-10(18-2)7-11-12(8)15-14(19)16(13(11)17)9-4-3-5-9/h6-7,9H,3-5H2,1-2H3,(H,15,19). The fraction of sp³-hybridized carbons (Fsp3) is 0.429. The van der Waals surface area contributed by atoms with Gasteiger partial charge in [-0.15, -0.1) is 0 Å². The molecule has 0 amide bonds. The smallest absolute Gasteiger partial charge is 0.262 e. The number of hydrogen-bond donors (Lipinski definition) is 1. The number of hydrogen-bond acceptors (Lipinski definition) is 3. The largest absolute Gasteiger partial charge is 0.497 e. The molecule has 1 heterocycles. The van der Waals surface area contributed by atoms with Gasteiger partial charge in [-0.05, 0) is 56.1 Å². The average molecular weight is 276 g/mol. The number of fused-ring (bicyclic) bond motifs is 1. The van der Waals surface area contributed by atoms with Gasteiger partial charge in [-0.2, -0.15) is 0 Å². The lowest BCUT2D eigenvalue weighted by atomic mass is 9.93. The maximum atomic E-state index is 12.6. The highest BCUT2D eigenvalue weighted by Crippen LogP contribution is 2.31. The molecule has 0 spiro atoms. The molecule has 19 heavy (non-hydrogen) atoms. The molecule has 5 heteroatoms. The van der Waals surface area contributed by atoms with Crippen molar-refractivity contribution in [3.63, 3.8) is 0 Å². The Hall–Kier alpha value is -1.62. The maximum Gasteiger partial charge on any atom is 0.262 e. The molecule has 1 aromatic carbocycles. The van der Waals surface area contributed by atoms with Gasteiger partial charge in [-0.3, -0.25) is 9.36 Å². The Morgan fingerprint density at radius 1 is 1.42 bits per heavy atom. The molecule has 4 nitrogen and oxygen atoms in total. The van der Waals surface area contributed by atoms with Crippen LogP contribution >= 0.6 is 12.2 Å². The summed E-state index contributed by atoms with van der Waals surface area (Å²) in [6.07, 6.45) is 3.23. The zero-order chi connectivity index (χ0) is 13.6. The van der Waals surface area contributed by atoms with Crippen molar-refractivity contribution in [1.82, 2.24) is 9.55 Å². The predicted octanol–water partition coefficient (Wildman–Crippen LogP) is 3.10. The molecule has 1 aliphatic carbocycles. The lowest BCUT2D eigenvalue weighted by molar-refractivity contribution is 0.302. The Morgan fingerprint density at radius 3 is 2.74 bits per heavy atom. The summed E-state index contributed by atoms with van der Waals surface area (Å²) in [5.74, 6) is 0.702. The van der Waals surface area contributed by atoms with E-state index in [1.165, 1.54) is 6.42 Å². The van der Waals surface area contributed by atoms with Gasteiger partial charge in [-0.1, -0.05) is 0 Å². The van der Waals surface area contributed by atoms with E-state index >= 15 is 0 Å². The van der Waals surface area contributed by atoms with E-state index in [1.54, 1.807) is 17.7 Å². The van der Waals surface area contributed by atoms with E-state index in [0.29, 0.717) is 15.9 Å². The number of benzene rings is 1. The van der Waals surface area contributed by atoms with Crippen LogP contribution in [-0.4, -0.2) is 16.7 Å². The van der Waals surface area contributed by atoms with Gasteiger partial charge < -0.3 is 9.72 Å². The lowest BCUT2D eigenvalue weighted by Crippen LogP contribution is -2.30. The summed E-state index contributed by atoms with van der Waals surface area (Å²) < 4.78 is 7.49. The van der Waals surface area contributed by atoms with E-state index in [0.717, 1.165) is 23.9 Å². The Kier molecular flexibility index (Phi) is 2.93. The molecule has 3 rings (SSSR count). The number of aryl methyl sites for hydroxylation is 1. The fourth-order valence-electron chi connectivity index (χ4n) is 2.57. The van der Waals surface area contributed by atoms with Gasteiger partial charge in [0.1, 0.15) is 5.75 Å². The summed E-state index contributed by atoms with van der Waals surface area (Å²) in [5.41, 5.74) is 1.77. The van der Waals surface area contributed by atoms with Crippen LogP contribution in [0.2, 0.25) is 0 Å². The van der Waals surface area contributed by atoms with Gasteiger partial charge in [0.25, 0.3) is 5.56 Å². The summed E-state index contributed by atoms with van der Waals surface area (Å²) in [5, 5.41) is 0.650. The van der Waals surface area contributed by atoms with Crippen molar-refractivity contribution in [2.75, 3.05) is 7.11 Å². The lowest BCUT2D eigenvalue weighted by Gasteiger charge is -2.27. The van der Waals surface area contributed by atoms with Gasteiger partial charge in [-0.25, -0.2) is 0 Å². The highest BCUT2D eigenvalue weighted by atomic mass is 32.1. The molecule has 100 valence electrons. The second-order valence-corrected chi connectivity index (χ2v) is 5.44. The van der Waals surface area contributed by atoms with E-state index in [4.69, 9.17) is 17.0 Å². The SMILES string of the molecule is COc1cc(C)c2[nH]c(=S)n(C3CCC3)c(=O)c2c1. The van der Waals surface area contributed by atoms with Crippen LogP contribution in [-0.2, 0) is 0 Å². The molecular formula is C14H16N2O2S. The van der Waals surface area contributed by atoms with Crippen LogP contribution in [0.1, 0.15) is 30.9 Å². The quantitative estimate of drug-likeness (QED) is 0.857. The second-order valence-electron chi connectivity index (χ2n) is 5.06. The Labute approximate surface area is 116 Å². The molecule has 0 saturated heterocycles. The van der Waals surface area contributed by atoms with Crippen molar-refractivity contribution >= 4 is 23.1 Å². The first-order valence-electron chi connectivity index (χ1n) is 6.45. The molecular weight excluding hydrogens is 260 g/mol. The summed E-state index contributed by atoms with van der Waals surface area (Å²) in [4.78, 5) is 15.8. The van der Waals surface area contributed by atoms with Gasteiger partial charge in [0.2, 0.25) is 0 Å². The van der Waals surface area contributed by atoms with Crippen LogP contribution in [0.3, 0.4) is 0 Å². The predicted molar refractivity (Wildman–Crippen MR) is 77.6 cm³/mol. The zero-order valence-electron chi connectivity index (χ0n) is 11.0. The van der Waals surface area contributed by atoms with Crippen LogP contribution < -0.4 is 10.3 Å². The van der Waals surface area contributed by atoms with Gasteiger partial charge >= 0.3 is 0 Å². The Morgan fingerprint density at radius 2 is 2.16 bits per heavy atom. The minimum absolute atomic E-state index is 0.00884. The Bertz CT molecular complexity index is 756. The van der Waals surface area contributed by atoms with E-state index in [9.17, 15) is 4.79 Å².